The van der Waals surface area contributed by atoms with Crippen molar-refractivity contribution in [2.75, 3.05) is 44.3 Å². The van der Waals surface area contributed by atoms with E-state index >= 15 is 0 Å². The number of para-hydroxylation sites is 2. The van der Waals surface area contributed by atoms with Crippen LogP contribution in [0.3, 0.4) is 0 Å². The monoisotopic (exact) mass is 395 g/mol. The minimum Gasteiger partial charge on any atom is -0.379 e. The summed E-state index contributed by atoms with van der Waals surface area (Å²) in [6.07, 6.45) is 1.26. The first-order valence-corrected chi connectivity index (χ1v) is 10.2. The molecule has 1 aliphatic rings. The number of carbonyl (C=O) groups excluding carboxylic acids is 2. The predicted octanol–water partition coefficient (Wildman–Crippen LogP) is 2.97. The fourth-order valence-corrected chi connectivity index (χ4v) is 3.37. The van der Waals surface area contributed by atoms with Crippen molar-refractivity contribution in [1.29, 1.82) is 0 Å². The second kappa shape index (κ2) is 11.3. The lowest BCUT2D eigenvalue weighted by Crippen LogP contribution is -2.38. The molecule has 1 saturated heterocycles. The number of anilines is 2. The van der Waals surface area contributed by atoms with Crippen molar-refractivity contribution in [3.63, 3.8) is 0 Å². The molecule has 0 spiro atoms. The van der Waals surface area contributed by atoms with Gasteiger partial charge in [0.05, 0.1) is 13.2 Å². The van der Waals surface area contributed by atoms with Gasteiger partial charge in [-0.15, -0.1) is 0 Å². The van der Waals surface area contributed by atoms with E-state index in [-0.39, 0.29) is 24.7 Å². The lowest BCUT2D eigenvalue weighted by molar-refractivity contribution is -0.125. The molecule has 0 atom stereocenters. The molecule has 0 aliphatic carbocycles. The maximum Gasteiger partial charge on any atom is 0.232 e. The Bertz CT molecular complexity index is 722. The Morgan fingerprint density at radius 1 is 0.897 bits per heavy atom. The van der Waals surface area contributed by atoms with Gasteiger partial charge in [-0.05, 0) is 37.2 Å². The van der Waals surface area contributed by atoms with Crippen LogP contribution in [0.15, 0.2) is 60.7 Å². The molecule has 1 aliphatic heterocycles. The van der Waals surface area contributed by atoms with E-state index in [1.807, 2.05) is 60.7 Å². The average Bonchev–Trinajstić information content (AvgIpc) is 2.78. The van der Waals surface area contributed by atoms with Gasteiger partial charge < -0.3 is 10.1 Å². The number of hydrogen-bond acceptors (Lipinski definition) is 4. The number of nitrogens with one attached hydrogen (secondary N) is 1. The molecule has 2 amide bonds. The van der Waals surface area contributed by atoms with Crippen molar-refractivity contribution in [2.45, 2.75) is 19.3 Å². The SMILES string of the molecule is O=C(CCC(=O)N(c1ccccc1)c1ccccc1)NCCCN1CCOCC1. The lowest BCUT2D eigenvalue weighted by Gasteiger charge is -2.26. The zero-order valence-electron chi connectivity index (χ0n) is 16.8. The largest absolute Gasteiger partial charge is 0.379 e. The van der Waals surface area contributed by atoms with Crippen LogP contribution < -0.4 is 10.2 Å². The minimum atomic E-state index is -0.0918. The highest BCUT2D eigenvalue weighted by Gasteiger charge is 2.18. The third-order valence-corrected chi connectivity index (χ3v) is 4.92. The van der Waals surface area contributed by atoms with E-state index in [9.17, 15) is 9.59 Å². The zero-order valence-corrected chi connectivity index (χ0v) is 16.8. The number of benzene rings is 2. The van der Waals surface area contributed by atoms with Gasteiger partial charge in [0, 0.05) is 43.9 Å². The summed E-state index contributed by atoms with van der Waals surface area (Å²) < 4.78 is 5.33. The van der Waals surface area contributed by atoms with Gasteiger partial charge in [-0.25, -0.2) is 0 Å². The molecular formula is C23H29N3O3. The van der Waals surface area contributed by atoms with E-state index in [1.54, 1.807) is 4.90 Å². The highest BCUT2D eigenvalue weighted by molar-refractivity contribution is 6.01. The Morgan fingerprint density at radius 2 is 1.48 bits per heavy atom. The van der Waals surface area contributed by atoms with Crippen molar-refractivity contribution in [3.8, 4) is 0 Å². The van der Waals surface area contributed by atoms with Crippen LogP contribution in [0.2, 0.25) is 0 Å². The van der Waals surface area contributed by atoms with Gasteiger partial charge in [0.15, 0.2) is 0 Å². The fraction of sp³-hybridized carbons (Fsp3) is 0.391. The standard InChI is InChI=1S/C23H29N3O3/c27-22(24-14-7-15-25-16-18-29-19-17-25)12-13-23(28)26(20-8-3-1-4-9-20)21-10-5-2-6-11-21/h1-6,8-11H,7,12-19H2,(H,24,27). The third kappa shape index (κ3) is 6.69. The number of ether oxygens (including phenoxy) is 1. The van der Waals surface area contributed by atoms with Crippen molar-refractivity contribution >= 4 is 23.2 Å². The summed E-state index contributed by atoms with van der Waals surface area (Å²) in [7, 11) is 0. The summed E-state index contributed by atoms with van der Waals surface area (Å²) in [6.45, 7) is 5.07. The van der Waals surface area contributed by atoms with Crippen LogP contribution in [0.4, 0.5) is 11.4 Å². The minimum absolute atomic E-state index is 0.0820. The predicted molar refractivity (Wildman–Crippen MR) is 114 cm³/mol. The fourth-order valence-electron chi connectivity index (χ4n) is 3.37. The van der Waals surface area contributed by atoms with Crippen molar-refractivity contribution in [1.82, 2.24) is 10.2 Å². The highest BCUT2D eigenvalue weighted by atomic mass is 16.5. The summed E-state index contributed by atoms with van der Waals surface area (Å²) in [5.74, 6) is -0.174. The molecule has 29 heavy (non-hydrogen) atoms. The zero-order chi connectivity index (χ0) is 20.3. The number of rotatable bonds is 9. The Kier molecular flexibility index (Phi) is 8.22. The number of hydrogen-bond donors (Lipinski definition) is 1. The number of amides is 2. The second-order valence-electron chi connectivity index (χ2n) is 7.06. The summed E-state index contributed by atoms with van der Waals surface area (Å²) in [6, 6.07) is 19.0. The van der Waals surface area contributed by atoms with Crippen LogP contribution in [0.25, 0.3) is 0 Å². The van der Waals surface area contributed by atoms with Crippen LogP contribution in [-0.2, 0) is 14.3 Å². The van der Waals surface area contributed by atoms with Crippen LogP contribution in [-0.4, -0.2) is 56.1 Å². The lowest BCUT2D eigenvalue weighted by atomic mass is 10.2. The van der Waals surface area contributed by atoms with Crippen molar-refractivity contribution in [2.24, 2.45) is 0 Å². The van der Waals surface area contributed by atoms with E-state index in [0.717, 1.165) is 50.6 Å². The van der Waals surface area contributed by atoms with E-state index in [0.29, 0.717) is 6.54 Å². The van der Waals surface area contributed by atoms with Gasteiger partial charge in [-0.1, -0.05) is 36.4 Å². The molecule has 0 aromatic heterocycles. The van der Waals surface area contributed by atoms with E-state index in [4.69, 9.17) is 4.74 Å². The van der Waals surface area contributed by atoms with Crippen LogP contribution >= 0.6 is 0 Å². The number of carbonyl (C=O) groups is 2. The highest BCUT2D eigenvalue weighted by Crippen LogP contribution is 2.26. The third-order valence-electron chi connectivity index (χ3n) is 4.92. The first-order chi connectivity index (χ1) is 14.2. The summed E-state index contributed by atoms with van der Waals surface area (Å²) in [5, 5.41) is 2.93. The van der Waals surface area contributed by atoms with Gasteiger partial charge in [0.25, 0.3) is 0 Å². The first kappa shape index (κ1) is 21.0. The molecule has 1 fully saturated rings. The van der Waals surface area contributed by atoms with Crippen molar-refractivity contribution in [3.05, 3.63) is 60.7 Å². The van der Waals surface area contributed by atoms with Gasteiger partial charge >= 0.3 is 0 Å². The number of nitrogens with zero attached hydrogens (tertiary/aromatic N) is 2. The molecule has 0 radical (unpaired) electrons. The molecule has 0 bridgehead atoms. The maximum atomic E-state index is 12.9. The Balaban J connectivity index is 1.46. The summed E-state index contributed by atoms with van der Waals surface area (Å²) in [5.41, 5.74) is 1.60. The Labute approximate surface area is 172 Å². The van der Waals surface area contributed by atoms with Crippen LogP contribution in [0.5, 0.6) is 0 Å². The Morgan fingerprint density at radius 3 is 2.07 bits per heavy atom. The quantitative estimate of drug-likeness (QED) is 0.663. The molecule has 1 heterocycles. The Hall–Kier alpha value is -2.70. The van der Waals surface area contributed by atoms with Gasteiger partial charge in [-0.2, -0.15) is 0 Å². The molecule has 1 N–H and O–H groups in total. The van der Waals surface area contributed by atoms with Crippen molar-refractivity contribution < 1.29 is 14.3 Å². The molecule has 0 unspecified atom stereocenters. The van der Waals surface area contributed by atoms with E-state index < -0.39 is 0 Å². The van der Waals surface area contributed by atoms with Gasteiger partial charge in [-0.3, -0.25) is 19.4 Å². The second-order valence-corrected chi connectivity index (χ2v) is 7.06. The van der Waals surface area contributed by atoms with Gasteiger partial charge in [0.1, 0.15) is 0 Å². The smallest absolute Gasteiger partial charge is 0.232 e. The topological polar surface area (TPSA) is 61.9 Å². The van der Waals surface area contributed by atoms with Crippen LogP contribution in [0, 0.1) is 0 Å². The molecule has 6 heteroatoms. The summed E-state index contributed by atoms with van der Waals surface area (Å²) >= 11 is 0. The molecule has 154 valence electrons. The number of morpholine rings is 1. The molecule has 3 rings (SSSR count). The molecule has 0 saturated carbocycles. The average molecular weight is 396 g/mol. The molecule has 2 aromatic carbocycles. The van der Waals surface area contributed by atoms with E-state index in [2.05, 4.69) is 10.2 Å². The summed E-state index contributed by atoms with van der Waals surface area (Å²) in [4.78, 5) is 29.1. The van der Waals surface area contributed by atoms with Gasteiger partial charge in [0.2, 0.25) is 11.8 Å². The maximum absolute atomic E-state index is 12.9. The first-order valence-electron chi connectivity index (χ1n) is 10.2. The normalized spacial score (nSPS) is 14.3. The molecular weight excluding hydrogens is 366 g/mol. The van der Waals surface area contributed by atoms with E-state index in [1.165, 1.54) is 0 Å². The molecule has 6 nitrogen and oxygen atoms in total. The molecule has 2 aromatic rings. The van der Waals surface area contributed by atoms with Crippen LogP contribution in [0.1, 0.15) is 19.3 Å².